The molecule has 1 N–H and O–H groups in total. The van der Waals surface area contributed by atoms with Crippen molar-refractivity contribution < 1.29 is 4.79 Å². The highest BCUT2D eigenvalue weighted by Gasteiger charge is 2.13. The molecule has 0 saturated heterocycles. The van der Waals surface area contributed by atoms with Crippen LogP contribution >= 0.6 is 0 Å². The van der Waals surface area contributed by atoms with E-state index in [1.54, 1.807) is 0 Å². The molecule has 0 aliphatic carbocycles. The van der Waals surface area contributed by atoms with Gasteiger partial charge in [-0.05, 0) is 36.8 Å². The lowest BCUT2D eigenvalue weighted by atomic mass is 9.99. The standard InChI is InChI=1S/C20H25NO/c1-2-10-20(22)21-19(18-14-7-4-8-15-18)16-9-13-17-11-5-3-6-12-17/h3-8,11-12,14-15,19H,2,9-10,13,16H2,1H3,(H,21,22). The number of nitrogens with one attached hydrogen (secondary N) is 1. The van der Waals surface area contributed by atoms with Gasteiger partial charge in [0.2, 0.25) is 5.91 Å². The molecule has 0 heterocycles. The van der Waals surface area contributed by atoms with Gasteiger partial charge in [0.05, 0.1) is 6.04 Å². The van der Waals surface area contributed by atoms with Gasteiger partial charge in [-0.15, -0.1) is 0 Å². The van der Waals surface area contributed by atoms with Gasteiger partial charge in [-0.3, -0.25) is 4.79 Å². The Morgan fingerprint density at radius 1 is 1.00 bits per heavy atom. The minimum atomic E-state index is 0.115. The van der Waals surface area contributed by atoms with Gasteiger partial charge in [0.25, 0.3) is 0 Å². The van der Waals surface area contributed by atoms with Crippen LogP contribution in [0.25, 0.3) is 0 Å². The summed E-state index contributed by atoms with van der Waals surface area (Å²) in [5.74, 6) is 0.149. The first-order chi connectivity index (χ1) is 10.8. The first kappa shape index (κ1) is 16.3. The van der Waals surface area contributed by atoms with Crippen LogP contribution in [-0.4, -0.2) is 5.91 Å². The smallest absolute Gasteiger partial charge is 0.220 e. The van der Waals surface area contributed by atoms with Crippen LogP contribution in [0.1, 0.15) is 49.8 Å². The summed E-state index contributed by atoms with van der Waals surface area (Å²) in [5.41, 5.74) is 2.55. The quantitative estimate of drug-likeness (QED) is 0.753. The lowest BCUT2D eigenvalue weighted by molar-refractivity contribution is -0.121. The largest absolute Gasteiger partial charge is 0.349 e. The number of hydrogen-bond acceptors (Lipinski definition) is 1. The second kappa shape index (κ2) is 9.04. The van der Waals surface area contributed by atoms with Crippen LogP contribution in [0.4, 0.5) is 0 Å². The average molecular weight is 295 g/mol. The first-order valence-electron chi connectivity index (χ1n) is 8.18. The molecule has 1 unspecified atom stereocenters. The summed E-state index contributed by atoms with van der Waals surface area (Å²) < 4.78 is 0. The molecule has 1 atom stereocenters. The number of aryl methyl sites for hydroxylation is 1. The fourth-order valence-electron chi connectivity index (χ4n) is 2.66. The first-order valence-corrected chi connectivity index (χ1v) is 8.18. The lowest BCUT2D eigenvalue weighted by Crippen LogP contribution is -2.28. The maximum Gasteiger partial charge on any atom is 0.220 e. The maximum absolute atomic E-state index is 11.9. The molecule has 2 rings (SSSR count). The van der Waals surface area contributed by atoms with E-state index in [1.165, 1.54) is 11.1 Å². The van der Waals surface area contributed by atoms with Gasteiger partial charge in [-0.1, -0.05) is 67.6 Å². The van der Waals surface area contributed by atoms with Crippen molar-refractivity contribution >= 4 is 5.91 Å². The Hall–Kier alpha value is -2.09. The van der Waals surface area contributed by atoms with Crippen molar-refractivity contribution in [3.63, 3.8) is 0 Å². The third kappa shape index (κ3) is 5.36. The molecule has 0 radical (unpaired) electrons. The molecule has 22 heavy (non-hydrogen) atoms. The lowest BCUT2D eigenvalue weighted by Gasteiger charge is -2.19. The Kier molecular flexibility index (Phi) is 6.69. The van der Waals surface area contributed by atoms with Crippen molar-refractivity contribution in [2.75, 3.05) is 0 Å². The van der Waals surface area contributed by atoms with Crippen LogP contribution in [0.5, 0.6) is 0 Å². The molecular formula is C20H25NO. The third-order valence-electron chi connectivity index (χ3n) is 3.82. The van der Waals surface area contributed by atoms with Crippen molar-refractivity contribution in [3.05, 3.63) is 71.8 Å². The zero-order valence-corrected chi connectivity index (χ0v) is 13.3. The van der Waals surface area contributed by atoms with E-state index in [4.69, 9.17) is 0 Å². The minimum Gasteiger partial charge on any atom is -0.349 e. The Labute approximate surface area is 133 Å². The fraction of sp³-hybridized carbons (Fsp3) is 0.350. The van der Waals surface area contributed by atoms with E-state index in [2.05, 4.69) is 41.7 Å². The van der Waals surface area contributed by atoms with Crippen molar-refractivity contribution in [2.45, 2.75) is 45.1 Å². The minimum absolute atomic E-state index is 0.115. The van der Waals surface area contributed by atoms with Gasteiger partial charge in [0.15, 0.2) is 0 Å². The highest BCUT2D eigenvalue weighted by molar-refractivity contribution is 5.76. The zero-order chi connectivity index (χ0) is 15.6. The van der Waals surface area contributed by atoms with Crippen LogP contribution in [-0.2, 0) is 11.2 Å². The predicted molar refractivity (Wildman–Crippen MR) is 91.6 cm³/mol. The van der Waals surface area contributed by atoms with Crippen LogP contribution < -0.4 is 5.32 Å². The highest BCUT2D eigenvalue weighted by Crippen LogP contribution is 2.20. The number of amides is 1. The van der Waals surface area contributed by atoms with Gasteiger partial charge >= 0.3 is 0 Å². The molecule has 0 spiro atoms. The van der Waals surface area contributed by atoms with E-state index in [9.17, 15) is 4.79 Å². The van der Waals surface area contributed by atoms with Crippen LogP contribution in [0.3, 0.4) is 0 Å². The predicted octanol–water partition coefficient (Wildman–Crippen LogP) is 4.67. The van der Waals surface area contributed by atoms with Crippen LogP contribution in [0, 0.1) is 0 Å². The molecule has 116 valence electrons. The number of benzene rings is 2. The molecule has 2 aromatic rings. The molecule has 0 fully saturated rings. The second-order valence-electron chi connectivity index (χ2n) is 5.66. The van der Waals surface area contributed by atoms with Crippen molar-refractivity contribution in [1.82, 2.24) is 5.32 Å². The number of hydrogen-bond donors (Lipinski definition) is 1. The Morgan fingerprint density at radius 2 is 1.64 bits per heavy atom. The van der Waals surface area contributed by atoms with Gasteiger partial charge < -0.3 is 5.32 Å². The summed E-state index contributed by atoms with van der Waals surface area (Å²) in [4.78, 5) is 11.9. The van der Waals surface area contributed by atoms with Crippen molar-refractivity contribution in [1.29, 1.82) is 0 Å². The van der Waals surface area contributed by atoms with E-state index in [0.717, 1.165) is 25.7 Å². The van der Waals surface area contributed by atoms with E-state index < -0.39 is 0 Å². The van der Waals surface area contributed by atoms with Crippen molar-refractivity contribution in [3.8, 4) is 0 Å². The topological polar surface area (TPSA) is 29.1 Å². The summed E-state index contributed by atoms with van der Waals surface area (Å²) in [6.45, 7) is 2.03. The SMILES string of the molecule is CCCC(=O)NC(CCCc1ccccc1)c1ccccc1. The van der Waals surface area contributed by atoms with E-state index in [-0.39, 0.29) is 11.9 Å². The molecule has 0 aliphatic rings. The molecule has 0 aliphatic heterocycles. The molecule has 0 bridgehead atoms. The Balaban J connectivity index is 1.94. The average Bonchev–Trinajstić information content (AvgIpc) is 2.56. The zero-order valence-electron chi connectivity index (χ0n) is 13.3. The Morgan fingerprint density at radius 3 is 2.27 bits per heavy atom. The summed E-state index contributed by atoms with van der Waals surface area (Å²) >= 11 is 0. The second-order valence-corrected chi connectivity index (χ2v) is 5.66. The van der Waals surface area contributed by atoms with E-state index >= 15 is 0 Å². The fourth-order valence-corrected chi connectivity index (χ4v) is 2.66. The molecular weight excluding hydrogens is 270 g/mol. The van der Waals surface area contributed by atoms with E-state index in [0.29, 0.717) is 6.42 Å². The van der Waals surface area contributed by atoms with Crippen LogP contribution in [0.2, 0.25) is 0 Å². The number of rotatable bonds is 8. The normalized spacial score (nSPS) is 11.9. The Bertz CT molecular complexity index is 550. The third-order valence-corrected chi connectivity index (χ3v) is 3.82. The van der Waals surface area contributed by atoms with Gasteiger partial charge in [-0.2, -0.15) is 0 Å². The van der Waals surface area contributed by atoms with Crippen molar-refractivity contribution in [2.24, 2.45) is 0 Å². The molecule has 2 aromatic carbocycles. The molecule has 1 amide bonds. The molecule has 2 heteroatoms. The molecule has 0 saturated carbocycles. The monoisotopic (exact) mass is 295 g/mol. The summed E-state index contributed by atoms with van der Waals surface area (Å²) in [6.07, 6.45) is 4.57. The van der Waals surface area contributed by atoms with Gasteiger partial charge in [0.1, 0.15) is 0 Å². The van der Waals surface area contributed by atoms with E-state index in [1.807, 2.05) is 31.2 Å². The summed E-state index contributed by atoms with van der Waals surface area (Å²) in [5, 5.41) is 3.18. The highest BCUT2D eigenvalue weighted by atomic mass is 16.1. The summed E-state index contributed by atoms with van der Waals surface area (Å²) in [6, 6.07) is 20.9. The maximum atomic E-state index is 11.9. The van der Waals surface area contributed by atoms with Gasteiger partial charge in [0, 0.05) is 6.42 Å². The molecule has 2 nitrogen and oxygen atoms in total. The summed E-state index contributed by atoms with van der Waals surface area (Å²) in [7, 11) is 0. The number of carbonyl (C=O) groups excluding carboxylic acids is 1. The van der Waals surface area contributed by atoms with Crippen LogP contribution in [0.15, 0.2) is 60.7 Å². The van der Waals surface area contributed by atoms with Gasteiger partial charge in [-0.25, -0.2) is 0 Å². The number of carbonyl (C=O) groups is 1. The molecule has 0 aromatic heterocycles.